The zero-order valence-electron chi connectivity index (χ0n) is 11.4. The Bertz CT molecular complexity index is 242. The smallest absolute Gasteiger partial charge is 0.307 e. The number of rotatable bonds is 5. The lowest BCUT2D eigenvalue weighted by atomic mass is 10.1. The van der Waals surface area contributed by atoms with Crippen molar-refractivity contribution in [1.29, 1.82) is 0 Å². The van der Waals surface area contributed by atoms with Crippen LogP contribution in [-0.2, 0) is 14.3 Å². The van der Waals surface area contributed by atoms with Gasteiger partial charge in [-0.05, 0) is 40.5 Å². The average molecular weight is 243 g/mol. The number of hydrogen-bond acceptors (Lipinski definition) is 4. The molecule has 1 aliphatic rings. The highest BCUT2D eigenvalue weighted by molar-refractivity contribution is 5.70. The lowest BCUT2D eigenvalue weighted by Crippen LogP contribution is -2.38. The van der Waals surface area contributed by atoms with E-state index in [0.29, 0.717) is 25.1 Å². The van der Waals surface area contributed by atoms with E-state index in [4.69, 9.17) is 9.47 Å². The quantitative estimate of drug-likeness (QED) is 0.749. The second kappa shape index (κ2) is 6.36. The lowest BCUT2D eigenvalue weighted by Gasteiger charge is -2.21. The Labute approximate surface area is 104 Å². The number of hydrogen-bond donors (Lipinski definition) is 1. The molecule has 0 radical (unpaired) electrons. The molecule has 4 heteroatoms. The van der Waals surface area contributed by atoms with Crippen molar-refractivity contribution in [2.24, 2.45) is 0 Å². The number of carbonyl (C=O) groups is 1. The predicted molar refractivity (Wildman–Crippen MR) is 66.9 cm³/mol. The standard InChI is InChI=1S/C13H25NO3/c1-10(11-6-5-9-16-11)14-8-7-12(15)17-13(2,3)4/h10-11,14H,5-9H2,1-4H3. The highest BCUT2D eigenvalue weighted by Crippen LogP contribution is 2.15. The summed E-state index contributed by atoms with van der Waals surface area (Å²) >= 11 is 0. The Morgan fingerprint density at radius 1 is 1.53 bits per heavy atom. The maximum absolute atomic E-state index is 11.5. The molecule has 0 aliphatic carbocycles. The molecule has 1 N–H and O–H groups in total. The molecule has 0 amide bonds. The lowest BCUT2D eigenvalue weighted by molar-refractivity contribution is -0.154. The fourth-order valence-electron chi connectivity index (χ4n) is 1.92. The first-order chi connectivity index (χ1) is 7.88. The first-order valence-electron chi connectivity index (χ1n) is 6.45. The zero-order valence-corrected chi connectivity index (χ0v) is 11.4. The highest BCUT2D eigenvalue weighted by atomic mass is 16.6. The van der Waals surface area contributed by atoms with Gasteiger partial charge >= 0.3 is 5.97 Å². The maximum Gasteiger partial charge on any atom is 0.307 e. The van der Waals surface area contributed by atoms with E-state index in [1.165, 1.54) is 0 Å². The van der Waals surface area contributed by atoms with Crippen LogP contribution in [0.5, 0.6) is 0 Å². The molecule has 17 heavy (non-hydrogen) atoms. The van der Waals surface area contributed by atoms with Crippen molar-refractivity contribution in [2.45, 2.75) is 64.7 Å². The third-order valence-corrected chi connectivity index (χ3v) is 2.74. The monoisotopic (exact) mass is 243 g/mol. The average Bonchev–Trinajstić information content (AvgIpc) is 2.66. The predicted octanol–water partition coefficient (Wildman–Crippen LogP) is 1.88. The van der Waals surface area contributed by atoms with Gasteiger partial charge in [-0.15, -0.1) is 0 Å². The zero-order chi connectivity index (χ0) is 12.9. The van der Waals surface area contributed by atoms with E-state index >= 15 is 0 Å². The van der Waals surface area contributed by atoms with Crippen molar-refractivity contribution in [2.75, 3.05) is 13.2 Å². The van der Waals surface area contributed by atoms with Crippen LogP contribution in [0.25, 0.3) is 0 Å². The minimum absolute atomic E-state index is 0.149. The summed E-state index contributed by atoms with van der Waals surface area (Å²) in [4.78, 5) is 11.5. The molecule has 1 heterocycles. The molecule has 100 valence electrons. The van der Waals surface area contributed by atoms with E-state index < -0.39 is 5.60 Å². The van der Waals surface area contributed by atoms with Crippen molar-refractivity contribution in [3.8, 4) is 0 Å². The summed E-state index contributed by atoms with van der Waals surface area (Å²) in [6.07, 6.45) is 2.96. The van der Waals surface area contributed by atoms with Gasteiger partial charge in [0.15, 0.2) is 0 Å². The highest BCUT2D eigenvalue weighted by Gasteiger charge is 2.22. The molecular formula is C13H25NO3. The number of ether oxygens (including phenoxy) is 2. The van der Waals surface area contributed by atoms with Crippen LogP contribution in [0, 0.1) is 0 Å². The Morgan fingerprint density at radius 2 is 2.24 bits per heavy atom. The Kier molecular flexibility index (Phi) is 5.40. The van der Waals surface area contributed by atoms with Crippen molar-refractivity contribution < 1.29 is 14.3 Å². The van der Waals surface area contributed by atoms with Crippen molar-refractivity contribution in [1.82, 2.24) is 5.32 Å². The van der Waals surface area contributed by atoms with Gasteiger partial charge in [-0.3, -0.25) is 4.79 Å². The molecule has 0 aromatic rings. The summed E-state index contributed by atoms with van der Waals surface area (Å²) in [5.41, 5.74) is -0.392. The fraction of sp³-hybridized carbons (Fsp3) is 0.923. The van der Waals surface area contributed by atoms with Crippen LogP contribution >= 0.6 is 0 Å². The summed E-state index contributed by atoms with van der Waals surface area (Å²) in [6.45, 7) is 9.26. The number of nitrogens with one attached hydrogen (secondary N) is 1. The Hall–Kier alpha value is -0.610. The maximum atomic E-state index is 11.5. The molecule has 1 aliphatic heterocycles. The molecule has 1 rings (SSSR count). The molecule has 0 spiro atoms. The molecule has 1 fully saturated rings. The minimum Gasteiger partial charge on any atom is -0.460 e. The second-order valence-electron chi connectivity index (χ2n) is 5.63. The summed E-state index contributed by atoms with van der Waals surface area (Å²) in [6, 6.07) is 0.305. The van der Waals surface area contributed by atoms with Gasteiger partial charge in [-0.2, -0.15) is 0 Å². The van der Waals surface area contributed by atoms with Crippen LogP contribution in [0.15, 0.2) is 0 Å². The van der Waals surface area contributed by atoms with Gasteiger partial charge in [0.05, 0.1) is 12.5 Å². The normalized spacial score (nSPS) is 22.5. The van der Waals surface area contributed by atoms with Gasteiger partial charge in [-0.1, -0.05) is 0 Å². The first kappa shape index (κ1) is 14.5. The summed E-state index contributed by atoms with van der Waals surface area (Å²) < 4.78 is 10.8. The van der Waals surface area contributed by atoms with Gasteiger partial charge < -0.3 is 14.8 Å². The van der Waals surface area contributed by atoms with Gasteiger partial charge in [0.1, 0.15) is 5.60 Å². The molecule has 1 saturated heterocycles. The second-order valence-corrected chi connectivity index (χ2v) is 5.63. The Balaban J connectivity index is 2.12. The van der Waals surface area contributed by atoms with E-state index in [9.17, 15) is 4.79 Å². The third kappa shape index (κ3) is 6.03. The van der Waals surface area contributed by atoms with Crippen molar-refractivity contribution in [3.05, 3.63) is 0 Å². The van der Waals surface area contributed by atoms with Crippen LogP contribution in [0.1, 0.15) is 47.0 Å². The van der Waals surface area contributed by atoms with Crippen molar-refractivity contribution in [3.63, 3.8) is 0 Å². The molecule has 2 unspecified atom stereocenters. The van der Waals surface area contributed by atoms with Crippen LogP contribution in [0.3, 0.4) is 0 Å². The third-order valence-electron chi connectivity index (χ3n) is 2.74. The molecule has 0 saturated carbocycles. The van der Waals surface area contributed by atoms with Gasteiger partial charge in [0.2, 0.25) is 0 Å². The van der Waals surface area contributed by atoms with E-state index in [1.54, 1.807) is 0 Å². The minimum atomic E-state index is -0.392. The molecule has 4 nitrogen and oxygen atoms in total. The number of carbonyl (C=O) groups excluding carboxylic acids is 1. The van der Waals surface area contributed by atoms with Gasteiger partial charge in [-0.25, -0.2) is 0 Å². The van der Waals surface area contributed by atoms with Crippen LogP contribution < -0.4 is 5.32 Å². The Morgan fingerprint density at radius 3 is 2.76 bits per heavy atom. The van der Waals surface area contributed by atoms with Crippen LogP contribution in [-0.4, -0.2) is 36.9 Å². The van der Waals surface area contributed by atoms with Crippen molar-refractivity contribution >= 4 is 5.97 Å². The molecule has 0 aromatic heterocycles. The SMILES string of the molecule is CC(NCCC(=O)OC(C)(C)C)C1CCCO1. The summed E-state index contributed by atoms with van der Waals surface area (Å²) in [5.74, 6) is -0.149. The molecular weight excluding hydrogens is 218 g/mol. The topological polar surface area (TPSA) is 47.6 Å². The summed E-state index contributed by atoms with van der Waals surface area (Å²) in [7, 11) is 0. The number of esters is 1. The molecule has 0 aromatic carbocycles. The summed E-state index contributed by atoms with van der Waals surface area (Å²) in [5, 5.41) is 3.32. The van der Waals surface area contributed by atoms with Crippen LogP contribution in [0.2, 0.25) is 0 Å². The molecule has 2 atom stereocenters. The largest absolute Gasteiger partial charge is 0.460 e. The van der Waals surface area contributed by atoms with Gasteiger partial charge in [0, 0.05) is 19.2 Å². The molecule has 0 bridgehead atoms. The van der Waals surface area contributed by atoms with E-state index in [1.807, 2.05) is 20.8 Å². The van der Waals surface area contributed by atoms with Crippen LogP contribution in [0.4, 0.5) is 0 Å². The van der Waals surface area contributed by atoms with Gasteiger partial charge in [0.25, 0.3) is 0 Å². The first-order valence-corrected chi connectivity index (χ1v) is 6.45. The fourth-order valence-corrected chi connectivity index (χ4v) is 1.92. The van der Waals surface area contributed by atoms with E-state index in [2.05, 4.69) is 12.2 Å². The van der Waals surface area contributed by atoms with E-state index in [0.717, 1.165) is 19.4 Å². The van der Waals surface area contributed by atoms with E-state index in [-0.39, 0.29) is 5.97 Å².